The van der Waals surface area contributed by atoms with Crippen molar-refractivity contribution < 1.29 is 22.6 Å². The normalized spacial score (nSPS) is 13.7. The van der Waals surface area contributed by atoms with Crippen LogP contribution in [0.4, 0.5) is 13.2 Å². The number of quaternary nitrogens is 1. The van der Waals surface area contributed by atoms with Gasteiger partial charge in [-0.05, 0) is 18.9 Å². The lowest BCUT2D eigenvalue weighted by atomic mass is 10.0. The number of allylic oxidation sites excluding steroid dienone is 3. The number of carbonyl (C=O) groups excluding carboxylic acids is 1. The van der Waals surface area contributed by atoms with Crippen molar-refractivity contribution in [3.05, 3.63) is 62.3 Å². The van der Waals surface area contributed by atoms with Crippen molar-refractivity contribution in [3.63, 3.8) is 0 Å². The summed E-state index contributed by atoms with van der Waals surface area (Å²) in [7, 11) is 1.67. The molecule has 0 saturated heterocycles. The monoisotopic (exact) mass is 331 g/mol. The second-order valence-electron chi connectivity index (χ2n) is 4.84. The summed E-state index contributed by atoms with van der Waals surface area (Å²) in [5.74, 6) is 5.89. The number of carbonyl (C=O) groups is 1. The Hall–Kier alpha value is -1.92. The van der Waals surface area contributed by atoms with Crippen molar-refractivity contribution in [2.45, 2.75) is 32.0 Å². The molecule has 0 aromatic rings. The SMILES string of the molecule is C=CCC(=CC(CC=C)[N+](C)(N)C(=O)C=C)CC=C.FC(F)F. The Morgan fingerprint density at radius 2 is 1.52 bits per heavy atom. The molecule has 2 atom stereocenters. The number of likely N-dealkylation sites (N-methyl/N-ethyl adjacent to an activating group) is 1. The van der Waals surface area contributed by atoms with Gasteiger partial charge in [-0.25, -0.2) is 4.79 Å². The van der Waals surface area contributed by atoms with Crippen molar-refractivity contribution in [3.8, 4) is 0 Å². The molecule has 0 aromatic carbocycles. The summed E-state index contributed by atoms with van der Waals surface area (Å²) in [6.07, 6.45) is 10.8. The molecule has 0 aliphatic carbocycles. The van der Waals surface area contributed by atoms with Crippen molar-refractivity contribution in [1.82, 2.24) is 0 Å². The van der Waals surface area contributed by atoms with Gasteiger partial charge in [-0.15, -0.1) is 19.7 Å². The van der Waals surface area contributed by atoms with E-state index >= 15 is 0 Å². The van der Waals surface area contributed by atoms with E-state index in [1.54, 1.807) is 13.1 Å². The van der Waals surface area contributed by atoms with Gasteiger partial charge in [0.05, 0.1) is 7.05 Å². The van der Waals surface area contributed by atoms with Crippen LogP contribution in [0, 0.1) is 0 Å². The lowest BCUT2D eigenvalue weighted by molar-refractivity contribution is -0.862. The highest BCUT2D eigenvalue weighted by Crippen LogP contribution is 2.17. The van der Waals surface area contributed by atoms with Gasteiger partial charge in [0.15, 0.2) is 0 Å². The number of halogens is 3. The molecular formula is C17H26F3N2O+. The van der Waals surface area contributed by atoms with Crippen LogP contribution in [0.2, 0.25) is 0 Å². The highest BCUT2D eigenvalue weighted by molar-refractivity contribution is 5.80. The Bertz CT molecular complexity index is 428. The molecule has 0 spiro atoms. The maximum atomic E-state index is 11.9. The van der Waals surface area contributed by atoms with Crippen LogP contribution in [-0.4, -0.2) is 30.3 Å². The summed E-state index contributed by atoms with van der Waals surface area (Å²) in [6.45, 7) is 11.0. The van der Waals surface area contributed by atoms with Crippen LogP contribution >= 0.6 is 0 Å². The van der Waals surface area contributed by atoms with Gasteiger partial charge in [-0.2, -0.15) is 23.6 Å². The first-order chi connectivity index (χ1) is 10.7. The molecule has 0 aliphatic heterocycles. The van der Waals surface area contributed by atoms with Crippen molar-refractivity contribution in [2.75, 3.05) is 7.05 Å². The summed E-state index contributed by atoms with van der Waals surface area (Å²) < 4.78 is 28.7. The minimum Gasteiger partial charge on any atom is -0.224 e. The Labute approximate surface area is 136 Å². The van der Waals surface area contributed by atoms with E-state index < -0.39 is 6.68 Å². The summed E-state index contributed by atoms with van der Waals surface area (Å²) in [4.78, 5) is 11.9. The fraction of sp³-hybridized carbons (Fsp3) is 0.353. The van der Waals surface area contributed by atoms with E-state index in [0.29, 0.717) is 6.42 Å². The maximum absolute atomic E-state index is 11.9. The number of nitrogens with zero attached hydrogens (tertiary/aromatic N) is 1. The summed E-state index contributed by atoms with van der Waals surface area (Å²) in [5, 5.41) is 0. The smallest absolute Gasteiger partial charge is 0.224 e. The highest BCUT2D eigenvalue weighted by Gasteiger charge is 2.33. The first kappa shape index (κ1) is 23.3. The number of nitrogens with two attached hydrogens (primary N) is 1. The Morgan fingerprint density at radius 1 is 1.09 bits per heavy atom. The number of hydrogen-bond donors (Lipinski definition) is 1. The second-order valence-corrected chi connectivity index (χ2v) is 4.84. The largest absolute Gasteiger partial charge is 0.379 e. The number of alkyl halides is 3. The minimum absolute atomic E-state index is 0.169. The molecule has 0 aromatic heterocycles. The van der Waals surface area contributed by atoms with Crippen LogP contribution in [0.1, 0.15) is 19.3 Å². The molecule has 2 unspecified atom stereocenters. The van der Waals surface area contributed by atoms with Crippen LogP contribution in [0.3, 0.4) is 0 Å². The zero-order chi connectivity index (χ0) is 18.5. The van der Waals surface area contributed by atoms with Gasteiger partial charge in [0.25, 0.3) is 0 Å². The molecule has 0 radical (unpaired) electrons. The lowest BCUT2D eigenvalue weighted by Crippen LogP contribution is -2.60. The molecular weight excluding hydrogens is 305 g/mol. The maximum Gasteiger partial charge on any atom is 0.379 e. The summed E-state index contributed by atoms with van der Waals surface area (Å²) >= 11 is 0. The fourth-order valence-corrected chi connectivity index (χ4v) is 1.84. The van der Waals surface area contributed by atoms with Crippen LogP contribution in [0.15, 0.2) is 62.3 Å². The zero-order valence-electron chi connectivity index (χ0n) is 13.6. The van der Waals surface area contributed by atoms with Gasteiger partial charge in [-0.3, -0.25) is 0 Å². The standard InChI is InChI=1S/C16H25N2O.CHF3/c1-6-10-14(11-7-2)13-15(12-8-3)18(5,17)16(19)9-4;2-1(3)4/h6-9,13,15H,1-4,10-12,17H2,5H3;1H/q+1;. The van der Waals surface area contributed by atoms with E-state index in [1.807, 2.05) is 18.2 Å². The number of rotatable bonds is 9. The average molecular weight is 331 g/mol. The molecule has 6 heteroatoms. The summed E-state index contributed by atoms with van der Waals surface area (Å²) in [5.41, 5.74) is 1.14. The third kappa shape index (κ3) is 10.4. The molecule has 3 nitrogen and oxygen atoms in total. The second kappa shape index (κ2) is 12.6. The van der Waals surface area contributed by atoms with Gasteiger partial charge >= 0.3 is 12.6 Å². The van der Waals surface area contributed by atoms with E-state index in [0.717, 1.165) is 18.4 Å². The molecule has 0 rings (SSSR count). The topological polar surface area (TPSA) is 43.1 Å². The molecule has 2 N–H and O–H groups in total. The van der Waals surface area contributed by atoms with Gasteiger partial charge in [-0.1, -0.05) is 30.4 Å². The molecule has 23 heavy (non-hydrogen) atoms. The Morgan fingerprint density at radius 3 is 1.83 bits per heavy atom. The molecule has 1 amide bonds. The van der Waals surface area contributed by atoms with E-state index in [2.05, 4.69) is 26.3 Å². The molecule has 130 valence electrons. The van der Waals surface area contributed by atoms with Gasteiger partial charge in [0.2, 0.25) is 0 Å². The molecule has 0 bridgehead atoms. The van der Waals surface area contributed by atoms with Crippen molar-refractivity contribution in [1.29, 1.82) is 0 Å². The van der Waals surface area contributed by atoms with E-state index in [-0.39, 0.29) is 16.5 Å². The third-order valence-corrected chi connectivity index (χ3v) is 2.99. The van der Waals surface area contributed by atoms with E-state index in [1.165, 1.54) is 6.08 Å². The number of hydrogen-bond acceptors (Lipinski definition) is 2. The van der Waals surface area contributed by atoms with Crippen LogP contribution in [-0.2, 0) is 4.79 Å². The lowest BCUT2D eigenvalue weighted by Gasteiger charge is -2.31. The van der Waals surface area contributed by atoms with Crippen LogP contribution in [0.25, 0.3) is 0 Å². The third-order valence-electron chi connectivity index (χ3n) is 2.99. The summed E-state index contributed by atoms with van der Waals surface area (Å²) in [6, 6.07) is -0.169. The first-order valence-corrected chi connectivity index (χ1v) is 6.93. The molecule has 0 aliphatic rings. The predicted molar refractivity (Wildman–Crippen MR) is 89.0 cm³/mol. The molecule has 0 fully saturated rings. The number of amides is 1. The predicted octanol–water partition coefficient (Wildman–Crippen LogP) is 4.22. The van der Waals surface area contributed by atoms with Crippen molar-refractivity contribution >= 4 is 5.91 Å². The first-order valence-electron chi connectivity index (χ1n) is 6.93. The average Bonchev–Trinajstić information content (AvgIpc) is 2.45. The Balaban J connectivity index is 0. The van der Waals surface area contributed by atoms with Crippen molar-refractivity contribution in [2.24, 2.45) is 5.84 Å². The van der Waals surface area contributed by atoms with Gasteiger partial charge < -0.3 is 0 Å². The zero-order valence-corrected chi connectivity index (χ0v) is 13.6. The van der Waals surface area contributed by atoms with Gasteiger partial charge in [0, 0.05) is 12.5 Å². The molecule has 0 saturated carbocycles. The van der Waals surface area contributed by atoms with E-state index in [4.69, 9.17) is 5.84 Å². The Kier molecular flexibility index (Phi) is 12.8. The van der Waals surface area contributed by atoms with Crippen LogP contribution in [0.5, 0.6) is 0 Å². The van der Waals surface area contributed by atoms with E-state index in [9.17, 15) is 18.0 Å². The van der Waals surface area contributed by atoms with Crippen LogP contribution < -0.4 is 5.84 Å². The highest BCUT2D eigenvalue weighted by atomic mass is 19.4. The minimum atomic E-state index is -3.67. The fourth-order valence-electron chi connectivity index (χ4n) is 1.84. The van der Waals surface area contributed by atoms with Gasteiger partial charge in [0.1, 0.15) is 6.04 Å². The quantitative estimate of drug-likeness (QED) is 0.172. The molecule has 0 heterocycles.